The highest BCUT2D eigenvalue weighted by molar-refractivity contribution is 4.87. The van der Waals surface area contributed by atoms with Crippen molar-refractivity contribution in [3.8, 4) is 0 Å². The zero-order valence-corrected chi connectivity index (χ0v) is 7.14. The van der Waals surface area contributed by atoms with Gasteiger partial charge in [0, 0.05) is 0 Å². The van der Waals surface area contributed by atoms with E-state index in [1.807, 2.05) is 0 Å². The van der Waals surface area contributed by atoms with Crippen molar-refractivity contribution in [1.82, 2.24) is 0 Å². The largest absolute Gasteiger partial charge is 0.0914 e. The SMILES string of the molecule is C/C=C\C1CCC(C)CC1. The van der Waals surface area contributed by atoms with Crippen molar-refractivity contribution in [3.05, 3.63) is 12.2 Å². The van der Waals surface area contributed by atoms with Gasteiger partial charge in [-0.2, -0.15) is 0 Å². The topological polar surface area (TPSA) is 0 Å². The minimum Gasteiger partial charge on any atom is -0.0914 e. The predicted octanol–water partition coefficient (Wildman–Crippen LogP) is 3.39. The standard InChI is InChI=1S/C10H18/c1-3-4-10-7-5-9(2)6-8-10/h3-4,9-10H,5-8H2,1-2H3/b4-3-. The molecule has 0 aromatic rings. The van der Waals surface area contributed by atoms with Crippen LogP contribution in [-0.4, -0.2) is 0 Å². The summed E-state index contributed by atoms with van der Waals surface area (Å²) in [5.74, 6) is 1.89. The van der Waals surface area contributed by atoms with Crippen molar-refractivity contribution in [3.63, 3.8) is 0 Å². The summed E-state index contributed by atoms with van der Waals surface area (Å²) in [5, 5.41) is 0. The predicted molar refractivity (Wildman–Crippen MR) is 45.9 cm³/mol. The molecule has 0 aliphatic heterocycles. The van der Waals surface area contributed by atoms with Crippen LogP contribution in [0.5, 0.6) is 0 Å². The summed E-state index contributed by atoms with van der Waals surface area (Å²) in [4.78, 5) is 0. The first-order valence-electron chi connectivity index (χ1n) is 4.45. The average molecular weight is 138 g/mol. The van der Waals surface area contributed by atoms with Crippen molar-refractivity contribution >= 4 is 0 Å². The van der Waals surface area contributed by atoms with Crippen molar-refractivity contribution in [1.29, 1.82) is 0 Å². The number of hydrogen-bond acceptors (Lipinski definition) is 0. The van der Waals surface area contributed by atoms with Crippen LogP contribution < -0.4 is 0 Å². The van der Waals surface area contributed by atoms with E-state index >= 15 is 0 Å². The fourth-order valence-electron chi connectivity index (χ4n) is 1.75. The molecule has 0 aromatic heterocycles. The van der Waals surface area contributed by atoms with E-state index in [4.69, 9.17) is 0 Å². The molecular weight excluding hydrogens is 120 g/mol. The molecule has 0 saturated heterocycles. The van der Waals surface area contributed by atoms with Gasteiger partial charge < -0.3 is 0 Å². The minimum absolute atomic E-state index is 0.904. The van der Waals surface area contributed by atoms with E-state index < -0.39 is 0 Å². The molecule has 0 heterocycles. The molecule has 0 aromatic carbocycles. The number of allylic oxidation sites excluding steroid dienone is 2. The van der Waals surface area contributed by atoms with Crippen molar-refractivity contribution in [2.75, 3.05) is 0 Å². The smallest absolute Gasteiger partial charge is 0.0233 e. The average Bonchev–Trinajstić information content (AvgIpc) is 1.95. The van der Waals surface area contributed by atoms with Crippen LogP contribution in [-0.2, 0) is 0 Å². The monoisotopic (exact) mass is 138 g/mol. The molecule has 0 nitrogen and oxygen atoms in total. The molecule has 1 rings (SSSR count). The molecule has 1 fully saturated rings. The van der Waals surface area contributed by atoms with Gasteiger partial charge in [0.2, 0.25) is 0 Å². The van der Waals surface area contributed by atoms with Gasteiger partial charge in [0.1, 0.15) is 0 Å². The fraction of sp³-hybridized carbons (Fsp3) is 0.800. The Labute approximate surface area is 64.3 Å². The van der Waals surface area contributed by atoms with Crippen molar-refractivity contribution < 1.29 is 0 Å². The van der Waals surface area contributed by atoms with Gasteiger partial charge in [0.05, 0.1) is 0 Å². The second kappa shape index (κ2) is 3.80. The number of rotatable bonds is 1. The summed E-state index contributed by atoms with van der Waals surface area (Å²) < 4.78 is 0. The lowest BCUT2D eigenvalue weighted by atomic mass is 9.83. The van der Waals surface area contributed by atoms with Crippen LogP contribution in [0.25, 0.3) is 0 Å². The second-order valence-corrected chi connectivity index (χ2v) is 3.55. The van der Waals surface area contributed by atoms with E-state index in [0.717, 1.165) is 11.8 Å². The second-order valence-electron chi connectivity index (χ2n) is 3.55. The summed E-state index contributed by atoms with van der Waals surface area (Å²) in [6.07, 6.45) is 10.3. The molecule has 1 saturated carbocycles. The molecule has 0 unspecified atom stereocenters. The molecule has 58 valence electrons. The molecule has 0 radical (unpaired) electrons. The van der Waals surface area contributed by atoms with E-state index in [0.29, 0.717) is 0 Å². The third-order valence-electron chi connectivity index (χ3n) is 2.53. The first kappa shape index (κ1) is 7.84. The molecule has 1 aliphatic rings. The van der Waals surface area contributed by atoms with Gasteiger partial charge in [-0.3, -0.25) is 0 Å². The first-order chi connectivity index (χ1) is 4.83. The lowest BCUT2D eigenvalue weighted by molar-refractivity contribution is 0.330. The third-order valence-corrected chi connectivity index (χ3v) is 2.53. The van der Waals surface area contributed by atoms with E-state index in [-0.39, 0.29) is 0 Å². The summed E-state index contributed by atoms with van der Waals surface area (Å²) in [6.45, 7) is 4.49. The highest BCUT2D eigenvalue weighted by atomic mass is 14.2. The van der Waals surface area contributed by atoms with Gasteiger partial charge >= 0.3 is 0 Å². The Balaban J connectivity index is 2.26. The van der Waals surface area contributed by atoms with E-state index in [2.05, 4.69) is 26.0 Å². The highest BCUT2D eigenvalue weighted by Crippen LogP contribution is 2.28. The molecule has 0 heteroatoms. The molecule has 0 N–H and O–H groups in total. The Kier molecular flexibility index (Phi) is 2.98. The molecule has 0 atom stereocenters. The normalized spacial score (nSPS) is 35.0. The maximum absolute atomic E-state index is 2.37. The molecule has 0 spiro atoms. The maximum atomic E-state index is 2.37. The van der Waals surface area contributed by atoms with Gasteiger partial charge in [0.25, 0.3) is 0 Å². The Morgan fingerprint density at radius 1 is 1.10 bits per heavy atom. The van der Waals surface area contributed by atoms with Gasteiger partial charge in [-0.15, -0.1) is 0 Å². The van der Waals surface area contributed by atoms with Gasteiger partial charge in [0.15, 0.2) is 0 Å². The number of hydrogen-bond donors (Lipinski definition) is 0. The summed E-state index contributed by atoms with van der Waals surface area (Å²) in [7, 11) is 0. The van der Waals surface area contributed by atoms with Crippen LogP contribution in [0.15, 0.2) is 12.2 Å². The van der Waals surface area contributed by atoms with Gasteiger partial charge in [-0.25, -0.2) is 0 Å². The van der Waals surface area contributed by atoms with E-state index in [1.54, 1.807) is 0 Å². The van der Waals surface area contributed by atoms with Crippen LogP contribution in [0.3, 0.4) is 0 Å². The summed E-state index contributed by atoms with van der Waals surface area (Å²) in [6, 6.07) is 0. The Bertz CT molecular complexity index is 105. The Morgan fingerprint density at radius 3 is 2.20 bits per heavy atom. The van der Waals surface area contributed by atoms with Crippen LogP contribution in [0.2, 0.25) is 0 Å². The molecular formula is C10H18. The summed E-state index contributed by atoms with van der Waals surface area (Å²) >= 11 is 0. The Hall–Kier alpha value is -0.260. The van der Waals surface area contributed by atoms with Crippen molar-refractivity contribution in [2.45, 2.75) is 39.5 Å². The maximum Gasteiger partial charge on any atom is -0.0233 e. The molecule has 10 heavy (non-hydrogen) atoms. The van der Waals surface area contributed by atoms with Crippen LogP contribution >= 0.6 is 0 Å². The third kappa shape index (κ3) is 2.17. The van der Waals surface area contributed by atoms with Crippen LogP contribution in [0, 0.1) is 11.8 Å². The molecule has 1 aliphatic carbocycles. The zero-order chi connectivity index (χ0) is 7.40. The van der Waals surface area contributed by atoms with E-state index in [9.17, 15) is 0 Å². The van der Waals surface area contributed by atoms with Crippen molar-refractivity contribution in [2.24, 2.45) is 11.8 Å². The zero-order valence-electron chi connectivity index (χ0n) is 7.14. The molecule has 0 bridgehead atoms. The summed E-state index contributed by atoms with van der Waals surface area (Å²) in [5.41, 5.74) is 0. The highest BCUT2D eigenvalue weighted by Gasteiger charge is 2.14. The van der Waals surface area contributed by atoms with Crippen LogP contribution in [0.1, 0.15) is 39.5 Å². The quantitative estimate of drug-likeness (QED) is 0.487. The first-order valence-corrected chi connectivity index (χ1v) is 4.45. The van der Waals surface area contributed by atoms with Crippen LogP contribution in [0.4, 0.5) is 0 Å². The van der Waals surface area contributed by atoms with E-state index in [1.165, 1.54) is 25.7 Å². The fourth-order valence-corrected chi connectivity index (χ4v) is 1.75. The lowest BCUT2D eigenvalue weighted by Gasteiger charge is -2.23. The molecule has 0 amide bonds. The van der Waals surface area contributed by atoms with Gasteiger partial charge in [-0.1, -0.05) is 31.9 Å². The van der Waals surface area contributed by atoms with Gasteiger partial charge in [-0.05, 0) is 31.6 Å². The minimum atomic E-state index is 0.904. The Morgan fingerprint density at radius 2 is 1.70 bits per heavy atom. The lowest BCUT2D eigenvalue weighted by Crippen LogP contribution is -2.09.